The molecule has 1 rings (SSSR count). The molecule has 0 bridgehead atoms. The number of nitrogens with two attached hydrogens (primary N) is 1. The van der Waals surface area contributed by atoms with Gasteiger partial charge in [-0.05, 0) is 26.7 Å². The normalized spacial score (nSPS) is 21.7. The van der Waals surface area contributed by atoms with Crippen LogP contribution in [0.5, 0.6) is 0 Å². The number of halogens is 1. The third-order valence-electron chi connectivity index (χ3n) is 2.92. The maximum atomic E-state index is 11.7. The van der Waals surface area contributed by atoms with E-state index >= 15 is 0 Å². The van der Waals surface area contributed by atoms with Gasteiger partial charge in [0.2, 0.25) is 0 Å². The lowest BCUT2D eigenvalue weighted by Gasteiger charge is -2.37. The average Bonchev–Trinajstić information content (AvgIpc) is 2.15. The van der Waals surface area contributed by atoms with Crippen molar-refractivity contribution in [3.05, 3.63) is 0 Å². The summed E-state index contributed by atoms with van der Waals surface area (Å²) in [6, 6.07) is 0. The van der Waals surface area contributed by atoms with Gasteiger partial charge in [0, 0.05) is 25.7 Å². The van der Waals surface area contributed by atoms with Crippen LogP contribution in [-0.4, -0.2) is 42.6 Å². The quantitative estimate of drug-likeness (QED) is 0.771. The smallest absolute Gasteiger partial charge is 0.251 e. The molecule has 15 heavy (non-hydrogen) atoms. The van der Waals surface area contributed by atoms with Crippen LogP contribution >= 0.6 is 12.4 Å². The monoisotopic (exact) mass is 236 g/mol. The molecule has 4 nitrogen and oxygen atoms in total. The number of methoxy groups -OCH3 is 1. The molecule has 0 saturated carbocycles. The molecule has 0 aromatic heterocycles. The van der Waals surface area contributed by atoms with Crippen LogP contribution in [0.1, 0.15) is 26.7 Å². The fourth-order valence-corrected chi connectivity index (χ4v) is 1.60. The topological polar surface area (TPSA) is 55.6 Å². The number of carbonyl (C=O) groups excluding carboxylic acids is 1. The first-order valence-electron chi connectivity index (χ1n) is 5.07. The van der Waals surface area contributed by atoms with Gasteiger partial charge in [-0.2, -0.15) is 0 Å². The summed E-state index contributed by atoms with van der Waals surface area (Å²) >= 11 is 0. The summed E-state index contributed by atoms with van der Waals surface area (Å²) in [5.74, 6) is 0.0722. The van der Waals surface area contributed by atoms with Gasteiger partial charge in [-0.15, -0.1) is 12.4 Å². The predicted octanol–water partition coefficient (Wildman–Crippen LogP) is 0.783. The largest absolute Gasteiger partial charge is 0.372 e. The van der Waals surface area contributed by atoms with Gasteiger partial charge >= 0.3 is 0 Å². The van der Waals surface area contributed by atoms with E-state index in [-0.39, 0.29) is 30.0 Å². The standard InChI is InChI=1S/C10H20N2O2.ClH/c1-8(14-3)9(13)12-6-4-10(2,11)5-7-12;/h8H,4-7,11H2,1-3H3;1H. The van der Waals surface area contributed by atoms with Crippen molar-refractivity contribution >= 4 is 18.3 Å². The van der Waals surface area contributed by atoms with Gasteiger partial charge in [0.15, 0.2) is 0 Å². The van der Waals surface area contributed by atoms with Gasteiger partial charge in [-0.3, -0.25) is 4.79 Å². The number of hydrogen-bond acceptors (Lipinski definition) is 3. The second kappa shape index (κ2) is 5.68. The van der Waals surface area contributed by atoms with E-state index in [2.05, 4.69) is 0 Å². The summed E-state index contributed by atoms with van der Waals surface area (Å²) in [5, 5.41) is 0. The first kappa shape index (κ1) is 14.7. The molecular formula is C10H21ClN2O2. The molecule has 0 aliphatic carbocycles. The number of rotatable bonds is 2. The Kier molecular flexibility index (Phi) is 5.56. The number of piperidine rings is 1. The van der Waals surface area contributed by atoms with Gasteiger partial charge in [0.1, 0.15) is 6.10 Å². The van der Waals surface area contributed by atoms with E-state index in [1.807, 2.05) is 11.8 Å². The maximum absolute atomic E-state index is 11.7. The fraction of sp³-hybridized carbons (Fsp3) is 0.900. The Labute approximate surface area is 97.5 Å². The van der Waals surface area contributed by atoms with Crippen molar-refractivity contribution in [2.75, 3.05) is 20.2 Å². The van der Waals surface area contributed by atoms with Gasteiger partial charge in [-0.1, -0.05) is 0 Å². The fourth-order valence-electron chi connectivity index (χ4n) is 1.60. The summed E-state index contributed by atoms with van der Waals surface area (Å²) < 4.78 is 4.99. The molecule has 0 aromatic rings. The number of carbonyl (C=O) groups is 1. The summed E-state index contributed by atoms with van der Waals surface area (Å²) in [4.78, 5) is 13.5. The molecule has 0 aromatic carbocycles. The summed E-state index contributed by atoms with van der Waals surface area (Å²) in [5.41, 5.74) is 5.88. The van der Waals surface area contributed by atoms with Crippen molar-refractivity contribution in [3.8, 4) is 0 Å². The Bertz CT molecular complexity index is 211. The van der Waals surface area contributed by atoms with Crippen molar-refractivity contribution in [2.24, 2.45) is 5.73 Å². The van der Waals surface area contributed by atoms with Crippen LogP contribution in [0.3, 0.4) is 0 Å². The minimum atomic E-state index is -0.336. The highest BCUT2D eigenvalue weighted by Gasteiger charge is 2.29. The lowest BCUT2D eigenvalue weighted by molar-refractivity contribution is -0.142. The first-order valence-corrected chi connectivity index (χ1v) is 5.07. The highest BCUT2D eigenvalue weighted by atomic mass is 35.5. The van der Waals surface area contributed by atoms with Crippen LogP contribution in [0.15, 0.2) is 0 Å². The minimum absolute atomic E-state index is 0. The van der Waals surface area contributed by atoms with E-state index in [0.29, 0.717) is 0 Å². The summed E-state index contributed by atoms with van der Waals surface area (Å²) in [6.07, 6.45) is 1.40. The number of amides is 1. The molecule has 1 heterocycles. The van der Waals surface area contributed by atoms with Gasteiger partial charge in [0.05, 0.1) is 0 Å². The van der Waals surface area contributed by atoms with Crippen molar-refractivity contribution in [1.82, 2.24) is 4.90 Å². The van der Waals surface area contributed by atoms with E-state index in [1.165, 1.54) is 0 Å². The zero-order valence-electron chi connectivity index (χ0n) is 9.66. The van der Waals surface area contributed by atoms with E-state index in [1.54, 1.807) is 14.0 Å². The molecule has 2 N–H and O–H groups in total. The van der Waals surface area contributed by atoms with E-state index in [4.69, 9.17) is 10.5 Å². The lowest BCUT2D eigenvalue weighted by Crippen LogP contribution is -2.51. The van der Waals surface area contributed by atoms with Crippen molar-refractivity contribution in [3.63, 3.8) is 0 Å². The molecule has 1 saturated heterocycles. The molecule has 90 valence electrons. The van der Waals surface area contributed by atoms with Crippen LogP contribution < -0.4 is 5.73 Å². The third-order valence-corrected chi connectivity index (χ3v) is 2.92. The minimum Gasteiger partial charge on any atom is -0.372 e. The summed E-state index contributed by atoms with van der Waals surface area (Å²) in [6.45, 7) is 5.31. The highest BCUT2D eigenvalue weighted by Crippen LogP contribution is 2.19. The molecule has 1 aliphatic heterocycles. The van der Waals surface area contributed by atoms with Gasteiger partial charge in [-0.25, -0.2) is 0 Å². The lowest BCUT2D eigenvalue weighted by atomic mass is 9.91. The van der Waals surface area contributed by atoms with E-state index < -0.39 is 0 Å². The zero-order valence-corrected chi connectivity index (χ0v) is 10.5. The molecule has 1 atom stereocenters. The van der Waals surface area contributed by atoms with Crippen LogP contribution in [0.4, 0.5) is 0 Å². The van der Waals surface area contributed by atoms with Crippen molar-refractivity contribution in [2.45, 2.75) is 38.3 Å². The molecule has 1 fully saturated rings. The Morgan fingerprint density at radius 2 is 1.93 bits per heavy atom. The Hall–Kier alpha value is -0.320. The van der Waals surface area contributed by atoms with Gasteiger partial charge < -0.3 is 15.4 Å². The number of nitrogens with zero attached hydrogens (tertiary/aromatic N) is 1. The van der Waals surface area contributed by atoms with E-state index in [9.17, 15) is 4.79 Å². The molecule has 1 amide bonds. The number of ether oxygens (including phenoxy) is 1. The first-order chi connectivity index (χ1) is 6.46. The maximum Gasteiger partial charge on any atom is 0.251 e. The van der Waals surface area contributed by atoms with Crippen molar-refractivity contribution in [1.29, 1.82) is 0 Å². The Balaban J connectivity index is 0.00000196. The van der Waals surface area contributed by atoms with Crippen LogP contribution in [0.25, 0.3) is 0 Å². The zero-order chi connectivity index (χ0) is 10.8. The Morgan fingerprint density at radius 3 is 2.33 bits per heavy atom. The summed E-state index contributed by atoms with van der Waals surface area (Å²) in [7, 11) is 1.56. The molecule has 0 spiro atoms. The molecular weight excluding hydrogens is 216 g/mol. The third kappa shape index (κ3) is 3.97. The molecule has 5 heteroatoms. The van der Waals surface area contributed by atoms with Crippen LogP contribution in [-0.2, 0) is 9.53 Å². The highest BCUT2D eigenvalue weighted by molar-refractivity contribution is 5.85. The second-order valence-electron chi connectivity index (χ2n) is 4.36. The predicted molar refractivity (Wildman–Crippen MR) is 62.1 cm³/mol. The Morgan fingerprint density at radius 1 is 1.47 bits per heavy atom. The van der Waals surface area contributed by atoms with Crippen molar-refractivity contribution < 1.29 is 9.53 Å². The second-order valence-corrected chi connectivity index (χ2v) is 4.36. The van der Waals surface area contributed by atoms with Gasteiger partial charge in [0.25, 0.3) is 5.91 Å². The molecule has 0 radical (unpaired) electrons. The number of likely N-dealkylation sites (tertiary alicyclic amines) is 1. The van der Waals surface area contributed by atoms with Crippen LogP contribution in [0, 0.1) is 0 Å². The SMILES string of the molecule is COC(C)C(=O)N1CCC(C)(N)CC1.Cl. The average molecular weight is 237 g/mol. The van der Waals surface area contributed by atoms with E-state index in [0.717, 1.165) is 25.9 Å². The van der Waals surface area contributed by atoms with Crippen LogP contribution in [0.2, 0.25) is 0 Å². The molecule has 1 aliphatic rings. The number of hydrogen-bond donors (Lipinski definition) is 1. The molecule has 1 unspecified atom stereocenters.